The van der Waals surface area contributed by atoms with Gasteiger partial charge in [-0.3, -0.25) is 20.4 Å². The first-order valence-corrected chi connectivity index (χ1v) is 8.48. The van der Waals surface area contributed by atoms with E-state index in [1.54, 1.807) is 18.2 Å². The topological polar surface area (TPSA) is 76.7 Å². The molecule has 0 spiro atoms. The van der Waals surface area contributed by atoms with Crippen LogP contribution in [-0.2, 0) is 9.59 Å². The molecular formula is C19H21ClN2O4. The van der Waals surface area contributed by atoms with Gasteiger partial charge in [0, 0.05) is 5.02 Å². The lowest BCUT2D eigenvalue weighted by Crippen LogP contribution is -2.44. The van der Waals surface area contributed by atoms with Gasteiger partial charge >= 0.3 is 0 Å². The maximum atomic E-state index is 11.7. The molecule has 2 aromatic carbocycles. The minimum Gasteiger partial charge on any atom is -0.493 e. The molecule has 2 amide bonds. The first-order chi connectivity index (χ1) is 12.4. The van der Waals surface area contributed by atoms with Gasteiger partial charge in [-0.1, -0.05) is 23.7 Å². The van der Waals surface area contributed by atoms with Crippen LogP contribution in [0, 0.1) is 13.8 Å². The Hall–Kier alpha value is -2.73. The molecule has 0 saturated heterocycles. The van der Waals surface area contributed by atoms with Crippen molar-refractivity contribution < 1.29 is 19.1 Å². The summed E-state index contributed by atoms with van der Waals surface area (Å²) in [7, 11) is 0. The number of hydrazine groups is 1. The Labute approximate surface area is 157 Å². The van der Waals surface area contributed by atoms with Crippen molar-refractivity contribution in [3.05, 3.63) is 58.6 Å². The van der Waals surface area contributed by atoms with E-state index in [-0.39, 0.29) is 25.5 Å². The van der Waals surface area contributed by atoms with Crippen LogP contribution in [0.4, 0.5) is 0 Å². The largest absolute Gasteiger partial charge is 0.493 e. The number of rotatable bonds is 7. The Morgan fingerprint density at radius 1 is 0.962 bits per heavy atom. The number of aryl methyl sites for hydroxylation is 2. The highest BCUT2D eigenvalue weighted by Crippen LogP contribution is 2.20. The van der Waals surface area contributed by atoms with Gasteiger partial charge in [-0.15, -0.1) is 0 Å². The Morgan fingerprint density at radius 2 is 1.69 bits per heavy atom. The molecule has 0 aromatic heterocycles. The van der Waals surface area contributed by atoms with Crippen LogP contribution in [0.3, 0.4) is 0 Å². The fourth-order valence-corrected chi connectivity index (χ4v) is 2.18. The summed E-state index contributed by atoms with van der Waals surface area (Å²) in [5.74, 6) is 0.410. The quantitative estimate of drug-likeness (QED) is 0.728. The Morgan fingerprint density at radius 3 is 2.42 bits per heavy atom. The normalized spacial score (nSPS) is 10.1. The zero-order chi connectivity index (χ0) is 18.9. The number of carbonyl (C=O) groups is 2. The third-order valence-electron chi connectivity index (χ3n) is 3.43. The average Bonchev–Trinajstić information content (AvgIpc) is 2.61. The Bertz CT molecular complexity index is 780. The lowest BCUT2D eigenvalue weighted by molar-refractivity contribution is -0.130. The minimum atomic E-state index is -0.467. The molecule has 6 nitrogen and oxygen atoms in total. The third-order valence-corrected chi connectivity index (χ3v) is 3.85. The van der Waals surface area contributed by atoms with Gasteiger partial charge in [0.25, 0.3) is 5.91 Å². The smallest absolute Gasteiger partial charge is 0.276 e. The highest BCUT2D eigenvalue weighted by Gasteiger charge is 2.07. The minimum absolute atomic E-state index is 0.117. The van der Waals surface area contributed by atoms with Crippen molar-refractivity contribution in [3.63, 3.8) is 0 Å². The molecule has 0 fully saturated rings. The second-order valence-electron chi connectivity index (χ2n) is 5.71. The first kappa shape index (κ1) is 19.6. The molecule has 0 aliphatic rings. The molecule has 7 heteroatoms. The van der Waals surface area contributed by atoms with Crippen molar-refractivity contribution in [2.45, 2.75) is 20.3 Å². The van der Waals surface area contributed by atoms with E-state index in [0.29, 0.717) is 16.5 Å². The number of carbonyl (C=O) groups excluding carboxylic acids is 2. The number of halogens is 1. The first-order valence-electron chi connectivity index (χ1n) is 8.10. The Balaban J connectivity index is 1.63. The van der Waals surface area contributed by atoms with Crippen molar-refractivity contribution in [2.75, 3.05) is 13.2 Å². The van der Waals surface area contributed by atoms with E-state index in [9.17, 15) is 9.59 Å². The monoisotopic (exact) mass is 376 g/mol. The summed E-state index contributed by atoms with van der Waals surface area (Å²) in [6.07, 6.45) is 0.117. The number of hydrogen-bond acceptors (Lipinski definition) is 4. The summed E-state index contributed by atoms with van der Waals surface area (Å²) in [5.41, 5.74) is 6.54. The predicted molar refractivity (Wildman–Crippen MR) is 99.3 cm³/mol. The lowest BCUT2D eigenvalue weighted by atomic mass is 10.2. The fourth-order valence-electron chi connectivity index (χ4n) is 2.06. The van der Waals surface area contributed by atoms with Crippen molar-refractivity contribution in [1.29, 1.82) is 0 Å². The molecule has 0 aliphatic heterocycles. The number of nitrogens with one attached hydrogen (secondary N) is 2. The number of benzene rings is 2. The molecule has 0 aliphatic carbocycles. The summed E-state index contributed by atoms with van der Waals surface area (Å²) < 4.78 is 10.8. The lowest BCUT2D eigenvalue weighted by Gasteiger charge is -2.10. The van der Waals surface area contributed by atoms with Crippen molar-refractivity contribution >= 4 is 23.4 Å². The molecule has 0 unspecified atom stereocenters. The third kappa shape index (κ3) is 6.64. The molecule has 0 radical (unpaired) electrons. The molecule has 2 aromatic rings. The summed E-state index contributed by atoms with van der Waals surface area (Å²) in [6.45, 7) is 3.80. The molecule has 138 valence electrons. The van der Waals surface area contributed by atoms with Crippen molar-refractivity contribution in [1.82, 2.24) is 10.9 Å². The number of amides is 2. The molecule has 0 heterocycles. The average molecular weight is 377 g/mol. The molecule has 26 heavy (non-hydrogen) atoms. The van der Waals surface area contributed by atoms with E-state index in [1.807, 2.05) is 38.1 Å². The SMILES string of the molecule is Cc1cccc(OCCC(=O)NNC(=O)COc2ccc(Cl)c(C)c2)c1. The van der Waals surface area contributed by atoms with Crippen LogP contribution in [0.15, 0.2) is 42.5 Å². The zero-order valence-corrected chi connectivity index (χ0v) is 15.4. The maximum absolute atomic E-state index is 11.7. The summed E-state index contributed by atoms with van der Waals surface area (Å²) in [5, 5.41) is 0.627. The van der Waals surface area contributed by atoms with Gasteiger partial charge < -0.3 is 9.47 Å². The maximum Gasteiger partial charge on any atom is 0.276 e. The number of ether oxygens (including phenoxy) is 2. The number of hydrogen-bond donors (Lipinski definition) is 2. The molecule has 0 atom stereocenters. The van der Waals surface area contributed by atoms with Gasteiger partial charge in [0.1, 0.15) is 11.5 Å². The van der Waals surface area contributed by atoms with Crippen LogP contribution < -0.4 is 20.3 Å². The van der Waals surface area contributed by atoms with Crippen LogP contribution in [0.1, 0.15) is 17.5 Å². The second kappa shape index (κ2) is 9.68. The summed E-state index contributed by atoms with van der Waals surface area (Å²) in [4.78, 5) is 23.4. The second-order valence-corrected chi connectivity index (χ2v) is 6.12. The highest BCUT2D eigenvalue weighted by molar-refractivity contribution is 6.31. The van der Waals surface area contributed by atoms with Gasteiger partial charge in [0.05, 0.1) is 13.0 Å². The molecule has 0 saturated carbocycles. The Kier molecular flexibility index (Phi) is 7.29. The van der Waals surface area contributed by atoms with E-state index in [1.165, 1.54) is 0 Å². The van der Waals surface area contributed by atoms with E-state index in [0.717, 1.165) is 11.1 Å². The molecule has 0 bridgehead atoms. The summed E-state index contributed by atoms with van der Waals surface area (Å²) in [6, 6.07) is 12.6. The van der Waals surface area contributed by atoms with Gasteiger partial charge in [-0.05, 0) is 55.3 Å². The van der Waals surface area contributed by atoms with Crippen molar-refractivity contribution in [2.24, 2.45) is 0 Å². The summed E-state index contributed by atoms with van der Waals surface area (Å²) >= 11 is 5.92. The predicted octanol–water partition coefficient (Wildman–Crippen LogP) is 2.95. The van der Waals surface area contributed by atoms with Gasteiger partial charge in [-0.25, -0.2) is 0 Å². The van der Waals surface area contributed by atoms with Crippen LogP contribution in [0.2, 0.25) is 5.02 Å². The van der Waals surface area contributed by atoms with Gasteiger partial charge in [0.2, 0.25) is 5.91 Å². The van der Waals surface area contributed by atoms with Crippen LogP contribution in [-0.4, -0.2) is 25.0 Å². The van der Waals surface area contributed by atoms with E-state index in [4.69, 9.17) is 21.1 Å². The molecular weight excluding hydrogens is 356 g/mol. The van der Waals surface area contributed by atoms with E-state index in [2.05, 4.69) is 10.9 Å². The van der Waals surface area contributed by atoms with Crippen LogP contribution >= 0.6 is 11.6 Å². The van der Waals surface area contributed by atoms with Gasteiger partial charge in [-0.2, -0.15) is 0 Å². The zero-order valence-electron chi connectivity index (χ0n) is 14.7. The van der Waals surface area contributed by atoms with E-state index < -0.39 is 5.91 Å². The van der Waals surface area contributed by atoms with Gasteiger partial charge in [0.15, 0.2) is 6.61 Å². The van der Waals surface area contributed by atoms with Crippen LogP contribution in [0.5, 0.6) is 11.5 Å². The molecule has 2 N–H and O–H groups in total. The van der Waals surface area contributed by atoms with Crippen LogP contribution in [0.25, 0.3) is 0 Å². The standard InChI is InChI=1S/C19H21ClN2O4/c1-13-4-3-5-15(10-13)25-9-8-18(23)21-22-19(24)12-26-16-6-7-17(20)14(2)11-16/h3-7,10-11H,8-9,12H2,1-2H3,(H,21,23)(H,22,24). The van der Waals surface area contributed by atoms with E-state index >= 15 is 0 Å². The fraction of sp³-hybridized carbons (Fsp3) is 0.263. The van der Waals surface area contributed by atoms with Crippen molar-refractivity contribution in [3.8, 4) is 11.5 Å². The molecule has 2 rings (SSSR count). The highest BCUT2D eigenvalue weighted by atomic mass is 35.5.